The summed E-state index contributed by atoms with van der Waals surface area (Å²) in [6, 6.07) is 6.47. The van der Waals surface area contributed by atoms with E-state index in [1.807, 2.05) is 6.07 Å². The van der Waals surface area contributed by atoms with Crippen molar-refractivity contribution in [3.05, 3.63) is 29.6 Å². The molecule has 0 bridgehead atoms. The van der Waals surface area contributed by atoms with Crippen LogP contribution in [-0.4, -0.2) is 6.54 Å². The number of nitrogens with one attached hydrogen (secondary N) is 1. The third-order valence-electron chi connectivity index (χ3n) is 3.46. The molecule has 1 aromatic carbocycles. The lowest BCUT2D eigenvalue weighted by atomic mass is 10.0. The van der Waals surface area contributed by atoms with Crippen molar-refractivity contribution in [2.45, 2.75) is 26.2 Å². The van der Waals surface area contributed by atoms with Crippen molar-refractivity contribution in [1.29, 1.82) is 5.26 Å². The molecule has 3 heteroatoms. The van der Waals surface area contributed by atoms with E-state index in [2.05, 4.69) is 12.2 Å². The van der Waals surface area contributed by atoms with Gasteiger partial charge in [-0.1, -0.05) is 6.92 Å². The fraction of sp³-hybridized carbons (Fsp3) is 0.462. The van der Waals surface area contributed by atoms with E-state index in [1.54, 1.807) is 12.1 Å². The van der Waals surface area contributed by atoms with Crippen LogP contribution in [0, 0.1) is 22.6 Å². The highest BCUT2D eigenvalue weighted by molar-refractivity contribution is 5.49. The van der Waals surface area contributed by atoms with Crippen molar-refractivity contribution in [1.82, 2.24) is 0 Å². The zero-order valence-electron chi connectivity index (χ0n) is 9.39. The van der Waals surface area contributed by atoms with Crippen LogP contribution in [0.5, 0.6) is 0 Å². The standard InChI is InChI=1S/C13H15FN2/c1-2-13(5-6-13)9-16-12-4-3-10(8-15)7-11(12)14/h3-4,7,16H,2,5-6,9H2,1H3. The molecule has 2 rings (SSSR count). The molecule has 1 aromatic rings. The molecule has 0 atom stereocenters. The summed E-state index contributed by atoms with van der Waals surface area (Å²) in [6.45, 7) is 3.00. The van der Waals surface area contributed by atoms with Gasteiger partial charge in [-0.2, -0.15) is 5.26 Å². The van der Waals surface area contributed by atoms with Crippen LogP contribution in [0.25, 0.3) is 0 Å². The van der Waals surface area contributed by atoms with Crippen LogP contribution < -0.4 is 5.32 Å². The van der Waals surface area contributed by atoms with Gasteiger partial charge in [-0.05, 0) is 42.9 Å². The predicted octanol–water partition coefficient (Wildman–Crippen LogP) is 3.30. The second-order valence-electron chi connectivity index (χ2n) is 4.51. The van der Waals surface area contributed by atoms with Crippen LogP contribution in [0.15, 0.2) is 18.2 Å². The smallest absolute Gasteiger partial charge is 0.147 e. The number of nitrogens with zero attached hydrogens (tertiary/aromatic N) is 1. The topological polar surface area (TPSA) is 35.8 Å². The Bertz CT molecular complexity index is 430. The first-order valence-corrected chi connectivity index (χ1v) is 5.63. The molecule has 1 fully saturated rings. The van der Waals surface area contributed by atoms with Crippen LogP contribution in [-0.2, 0) is 0 Å². The SMILES string of the molecule is CCC1(CNc2ccc(C#N)cc2F)CC1. The number of hydrogen-bond acceptors (Lipinski definition) is 2. The van der Waals surface area contributed by atoms with E-state index >= 15 is 0 Å². The van der Waals surface area contributed by atoms with Crippen molar-refractivity contribution in [2.24, 2.45) is 5.41 Å². The van der Waals surface area contributed by atoms with E-state index < -0.39 is 0 Å². The highest BCUT2D eigenvalue weighted by Gasteiger charge is 2.40. The van der Waals surface area contributed by atoms with Crippen molar-refractivity contribution in [2.75, 3.05) is 11.9 Å². The van der Waals surface area contributed by atoms with Crippen LogP contribution in [0.1, 0.15) is 31.7 Å². The maximum atomic E-state index is 13.5. The molecule has 0 amide bonds. The number of nitriles is 1. The molecule has 0 saturated heterocycles. The summed E-state index contributed by atoms with van der Waals surface area (Å²) >= 11 is 0. The summed E-state index contributed by atoms with van der Waals surface area (Å²) in [5, 5.41) is 11.8. The highest BCUT2D eigenvalue weighted by Crippen LogP contribution is 2.48. The second-order valence-corrected chi connectivity index (χ2v) is 4.51. The lowest BCUT2D eigenvalue weighted by molar-refractivity contribution is 0.519. The minimum absolute atomic E-state index is 0.342. The van der Waals surface area contributed by atoms with Crippen molar-refractivity contribution in [3.8, 4) is 6.07 Å². The van der Waals surface area contributed by atoms with Gasteiger partial charge in [-0.25, -0.2) is 4.39 Å². The molecule has 0 spiro atoms. The molecule has 1 N–H and O–H groups in total. The number of hydrogen-bond donors (Lipinski definition) is 1. The Morgan fingerprint density at radius 3 is 2.75 bits per heavy atom. The predicted molar refractivity (Wildman–Crippen MR) is 61.6 cm³/mol. The molecule has 0 unspecified atom stereocenters. The third kappa shape index (κ3) is 2.16. The Morgan fingerprint density at radius 2 is 2.25 bits per heavy atom. The van der Waals surface area contributed by atoms with Crippen LogP contribution in [0.3, 0.4) is 0 Å². The van der Waals surface area contributed by atoms with Crippen LogP contribution >= 0.6 is 0 Å². The zero-order chi connectivity index (χ0) is 11.6. The molecule has 1 aliphatic carbocycles. The Morgan fingerprint density at radius 1 is 1.50 bits per heavy atom. The van der Waals surface area contributed by atoms with Gasteiger partial charge in [-0.15, -0.1) is 0 Å². The number of benzene rings is 1. The fourth-order valence-electron chi connectivity index (χ4n) is 1.84. The van der Waals surface area contributed by atoms with Crippen LogP contribution in [0.2, 0.25) is 0 Å². The molecular formula is C13H15FN2. The fourth-order valence-corrected chi connectivity index (χ4v) is 1.84. The van der Waals surface area contributed by atoms with Crippen LogP contribution in [0.4, 0.5) is 10.1 Å². The molecule has 84 valence electrons. The Labute approximate surface area is 95.1 Å². The molecule has 0 heterocycles. The molecule has 2 nitrogen and oxygen atoms in total. The van der Waals surface area contributed by atoms with Gasteiger partial charge in [0.25, 0.3) is 0 Å². The van der Waals surface area contributed by atoms with E-state index in [0.717, 1.165) is 13.0 Å². The average Bonchev–Trinajstić information content (AvgIpc) is 3.08. The maximum absolute atomic E-state index is 13.5. The largest absolute Gasteiger partial charge is 0.382 e. The minimum Gasteiger partial charge on any atom is -0.382 e. The van der Waals surface area contributed by atoms with E-state index in [9.17, 15) is 4.39 Å². The van der Waals surface area contributed by atoms with Gasteiger partial charge in [-0.3, -0.25) is 0 Å². The van der Waals surface area contributed by atoms with Crippen molar-refractivity contribution < 1.29 is 4.39 Å². The first kappa shape index (κ1) is 10.9. The number of anilines is 1. The summed E-state index contributed by atoms with van der Waals surface area (Å²) < 4.78 is 13.5. The van der Waals surface area contributed by atoms with Gasteiger partial charge in [0, 0.05) is 6.54 Å². The molecule has 0 aliphatic heterocycles. The quantitative estimate of drug-likeness (QED) is 0.841. The highest BCUT2D eigenvalue weighted by atomic mass is 19.1. The monoisotopic (exact) mass is 218 g/mol. The summed E-state index contributed by atoms with van der Waals surface area (Å²) in [5.74, 6) is -0.342. The first-order valence-electron chi connectivity index (χ1n) is 5.63. The van der Waals surface area contributed by atoms with Gasteiger partial charge < -0.3 is 5.32 Å². The number of rotatable bonds is 4. The van der Waals surface area contributed by atoms with E-state index in [0.29, 0.717) is 16.7 Å². The minimum atomic E-state index is -0.342. The van der Waals surface area contributed by atoms with E-state index in [-0.39, 0.29) is 5.82 Å². The van der Waals surface area contributed by atoms with Gasteiger partial charge in [0.2, 0.25) is 0 Å². The summed E-state index contributed by atoms with van der Waals surface area (Å²) in [7, 11) is 0. The zero-order valence-corrected chi connectivity index (χ0v) is 9.39. The molecule has 0 aromatic heterocycles. The summed E-state index contributed by atoms with van der Waals surface area (Å²) in [4.78, 5) is 0. The Kier molecular flexibility index (Phi) is 2.82. The molecule has 1 saturated carbocycles. The Balaban J connectivity index is 2.02. The third-order valence-corrected chi connectivity index (χ3v) is 3.46. The second kappa shape index (κ2) is 4.13. The molecular weight excluding hydrogens is 203 g/mol. The van der Waals surface area contributed by atoms with Gasteiger partial charge in [0.1, 0.15) is 5.82 Å². The summed E-state index contributed by atoms with van der Waals surface area (Å²) in [6.07, 6.45) is 3.60. The normalized spacial score (nSPS) is 16.6. The molecule has 0 radical (unpaired) electrons. The van der Waals surface area contributed by atoms with Crippen molar-refractivity contribution >= 4 is 5.69 Å². The maximum Gasteiger partial charge on any atom is 0.147 e. The van der Waals surface area contributed by atoms with E-state index in [4.69, 9.17) is 5.26 Å². The Hall–Kier alpha value is -1.56. The van der Waals surface area contributed by atoms with Crippen molar-refractivity contribution in [3.63, 3.8) is 0 Å². The average molecular weight is 218 g/mol. The van der Waals surface area contributed by atoms with E-state index in [1.165, 1.54) is 18.9 Å². The van der Waals surface area contributed by atoms with Gasteiger partial charge in [0.05, 0.1) is 17.3 Å². The molecule has 16 heavy (non-hydrogen) atoms. The lowest BCUT2D eigenvalue weighted by Gasteiger charge is -2.14. The van der Waals surface area contributed by atoms with Gasteiger partial charge >= 0.3 is 0 Å². The number of halogens is 1. The molecule has 1 aliphatic rings. The lowest BCUT2D eigenvalue weighted by Crippen LogP contribution is -2.15. The first-order chi connectivity index (χ1) is 7.69. The van der Waals surface area contributed by atoms with Gasteiger partial charge in [0.15, 0.2) is 0 Å². The summed E-state index contributed by atoms with van der Waals surface area (Å²) in [5.41, 5.74) is 1.25.